The number of fused-ring (bicyclic) bond motifs is 4. The molecular formula is C39H44O7. The minimum Gasteiger partial charge on any atom is -0.459 e. The summed E-state index contributed by atoms with van der Waals surface area (Å²) in [6, 6.07) is 19.2. The largest absolute Gasteiger partial charge is 0.459 e. The van der Waals surface area contributed by atoms with E-state index in [1.807, 2.05) is 74.5 Å². The third-order valence-corrected chi connectivity index (χ3v) is 12.6. The van der Waals surface area contributed by atoms with E-state index in [0.717, 1.165) is 11.1 Å². The first-order valence-corrected chi connectivity index (χ1v) is 16.6. The number of hydrogen-bond donors (Lipinski definition) is 2. The molecule has 1 saturated heterocycles. The fourth-order valence-electron chi connectivity index (χ4n) is 10.1. The van der Waals surface area contributed by atoms with E-state index in [2.05, 4.69) is 13.0 Å². The molecule has 2 aromatic rings. The van der Waals surface area contributed by atoms with Crippen molar-refractivity contribution in [2.45, 2.75) is 101 Å². The highest BCUT2D eigenvalue weighted by Crippen LogP contribution is 2.74. The van der Waals surface area contributed by atoms with Crippen molar-refractivity contribution in [3.8, 4) is 0 Å². The Labute approximate surface area is 270 Å². The van der Waals surface area contributed by atoms with Crippen LogP contribution in [0, 0.1) is 16.7 Å². The molecule has 9 atom stereocenters. The first kappa shape index (κ1) is 31.1. The molecule has 2 aromatic carbocycles. The quantitative estimate of drug-likeness (QED) is 0.224. The number of ether oxygens (including phenoxy) is 3. The van der Waals surface area contributed by atoms with Crippen molar-refractivity contribution in [1.29, 1.82) is 0 Å². The summed E-state index contributed by atoms with van der Waals surface area (Å²) < 4.78 is 18.8. The third-order valence-electron chi connectivity index (χ3n) is 12.6. The van der Waals surface area contributed by atoms with Crippen LogP contribution in [-0.2, 0) is 23.8 Å². The van der Waals surface area contributed by atoms with Crippen molar-refractivity contribution in [3.63, 3.8) is 0 Å². The van der Waals surface area contributed by atoms with Gasteiger partial charge in [0.05, 0.1) is 17.6 Å². The lowest BCUT2D eigenvalue weighted by Gasteiger charge is -2.65. The molecule has 2 N–H and O–H groups in total. The fourth-order valence-corrected chi connectivity index (χ4v) is 10.1. The van der Waals surface area contributed by atoms with Crippen molar-refractivity contribution < 1.29 is 34.0 Å². The highest BCUT2D eigenvalue weighted by Gasteiger charge is 2.84. The van der Waals surface area contributed by atoms with Gasteiger partial charge in [-0.1, -0.05) is 86.2 Å². The Hall–Kier alpha value is -3.52. The zero-order chi connectivity index (χ0) is 32.4. The van der Waals surface area contributed by atoms with Gasteiger partial charge in [0.25, 0.3) is 0 Å². The number of carbonyl (C=O) groups is 2. The molecule has 0 bridgehead atoms. The summed E-state index contributed by atoms with van der Waals surface area (Å²) in [5, 5.41) is 25.5. The first-order valence-electron chi connectivity index (χ1n) is 16.6. The first-order chi connectivity index (χ1) is 21.9. The normalized spacial score (nSPS) is 41.0. The van der Waals surface area contributed by atoms with E-state index in [1.165, 1.54) is 17.7 Å². The van der Waals surface area contributed by atoms with Gasteiger partial charge < -0.3 is 24.4 Å². The zero-order valence-corrected chi connectivity index (χ0v) is 26.9. The summed E-state index contributed by atoms with van der Waals surface area (Å²) in [5.41, 5.74) is -2.44. The maximum Gasteiger partial charge on any atom is 0.331 e. The van der Waals surface area contributed by atoms with Crippen molar-refractivity contribution in [1.82, 2.24) is 0 Å². The van der Waals surface area contributed by atoms with Crippen molar-refractivity contribution in [2.75, 3.05) is 0 Å². The van der Waals surface area contributed by atoms with E-state index in [9.17, 15) is 19.8 Å². The molecule has 242 valence electrons. The van der Waals surface area contributed by atoms with Crippen LogP contribution in [0.3, 0.4) is 0 Å². The molecule has 0 amide bonds. The minimum absolute atomic E-state index is 0.249. The molecule has 0 aromatic heterocycles. The highest BCUT2D eigenvalue weighted by atomic mass is 16.6. The maximum absolute atomic E-state index is 13.3. The summed E-state index contributed by atoms with van der Waals surface area (Å²) in [6.45, 7) is 6.06. The number of hydrogen-bond acceptors (Lipinski definition) is 7. The molecule has 0 spiro atoms. The third kappa shape index (κ3) is 4.42. The van der Waals surface area contributed by atoms with Gasteiger partial charge in [0, 0.05) is 24.5 Å². The highest BCUT2D eigenvalue weighted by molar-refractivity contribution is 5.88. The van der Waals surface area contributed by atoms with Gasteiger partial charge in [-0.15, -0.1) is 0 Å². The molecule has 4 aliphatic carbocycles. The molecule has 3 saturated carbocycles. The second-order valence-corrected chi connectivity index (χ2v) is 14.5. The Bertz CT molecular complexity index is 1600. The van der Waals surface area contributed by atoms with Crippen molar-refractivity contribution >= 4 is 24.1 Å². The second-order valence-electron chi connectivity index (χ2n) is 14.5. The monoisotopic (exact) mass is 624 g/mol. The molecule has 7 rings (SSSR count). The van der Waals surface area contributed by atoms with Gasteiger partial charge in [0.15, 0.2) is 0 Å². The molecule has 5 aliphatic rings. The topological polar surface area (TPSA) is 102 Å². The van der Waals surface area contributed by atoms with Crippen LogP contribution in [0.15, 0.2) is 84.5 Å². The molecular weight excluding hydrogens is 580 g/mol. The summed E-state index contributed by atoms with van der Waals surface area (Å²) in [6.07, 6.45) is 10.9. The van der Waals surface area contributed by atoms with Crippen LogP contribution in [0.25, 0.3) is 12.2 Å². The molecule has 0 unspecified atom stereocenters. The standard InChI is InChI=1S/C39H44O7/c1-26-38(46-34(41)17-15-28-12-8-5-9-13-28)22-23-39(43)36(38,3)32(44-26)25-31-35(2)20-19-30(24-29(35)18-21-37(31,39)42)45-33(40)16-14-27-10-6-4-7-11-27/h4-18,26,30-32,42-43H,19-25H2,1-3H3/b16-14+,17-15+/t26-,30+,31-,32-,35+,36-,37+,38-,39-/m1/s1. The molecule has 1 heterocycles. The summed E-state index contributed by atoms with van der Waals surface area (Å²) >= 11 is 0. The Morgan fingerprint density at radius 3 is 2.17 bits per heavy atom. The van der Waals surface area contributed by atoms with Crippen LogP contribution >= 0.6 is 0 Å². The van der Waals surface area contributed by atoms with Crippen LogP contribution in [0.5, 0.6) is 0 Å². The summed E-state index contributed by atoms with van der Waals surface area (Å²) in [7, 11) is 0. The molecule has 7 nitrogen and oxygen atoms in total. The molecule has 46 heavy (non-hydrogen) atoms. The predicted octanol–water partition coefficient (Wildman–Crippen LogP) is 6.20. The Morgan fingerprint density at radius 1 is 0.891 bits per heavy atom. The Morgan fingerprint density at radius 2 is 1.52 bits per heavy atom. The van der Waals surface area contributed by atoms with Crippen LogP contribution in [0.4, 0.5) is 0 Å². The smallest absolute Gasteiger partial charge is 0.331 e. The predicted molar refractivity (Wildman–Crippen MR) is 174 cm³/mol. The van der Waals surface area contributed by atoms with Gasteiger partial charge in [0.2, 0.25) is 0 Å². The Balaban J connectivity index is 1.12. The van der Waals surface area contributed by atoms with Gasteiger partial charge in [-0.3, -0.25) is 0 Å². The molecule has 1 aliphatic heterocycles. The van der Waals surface area contributed by atoms with Gasteiger partial charge in [-0.2, -0.15) is 0 Å². The van der Waals surface area contributed by atoms with Crippen LogP contribution in [-0.4, -0.2) is 57.3 Å². The van der Waals surface area contributed by atoms with Crippen LogP contribution in [0.2, 0.25) is 0 Å². The Kier molecular flexibility index (Phi) is 7.46. The minimum atomic E-state index is -1.53. The number of carbonyl (C=O) groups excluding carboxylic acids is 2. The number of esters is 2. The average Bonchev–Trinajstić information content (AvgIpc) is 3.42. The SMILES string of the molecule is C[C@H]1O[C@@H]2C[C@@H]3[C@@]4(C)CC[C@H](OC(=O)/C=C/c5ccccc5)CC4=CC[C@@]3(O)[C@@]3(O)CC[C@]1(OC(=O)/C=C/c1ccccc1)[C@@]23C. The number of aliphatic hydroxyl groups is 2. The van der Waals surface area contributed by atoms with E-state index in [0.29, 0.717) is 38.5 Å². The van der Waals surface area contributed by atoms with Crippen molar-refractivity contribution in [2.24, 2.45) is 16.7 Å². The summed E-state index contributed by atoms with van der Waals surface area (Å²) in [4.78, 5) is 26.0. The van der Waals surface area contributed by atoms with E-state index in [4.69, 9.17) is 14.2 Å². The van der Waals surface area contributed by atoms with Gasteiger partial charge in [-0.05, 0) is 74.1 Å². The maximum atomic E-state index is 13.3. The second kappa shape index (κ2) is 11.0. The number of benzene rings is 2. The van der Waals surface area contributed by atoms with Crippen molar-refractivity contribution in [3.05, 3.63) is 95.6 Å². The van der Waals surface area contributed by atoms with Gasteiger partial charge >= 0.3 is 11.9 Å². The number of rotatable bonds is 6. The van der Waals surface area contributed by atoms with E-state index < -0.39 is 45.8 Å². The van der Waals surface area contributed by atoms with Gasteiger partial charge in [0.1, 0.15) is 22.9 Å². The van der Waals surface area contributed by atoms with Crippen LogP contribution < -0.4 is 0 Å². The van der Waals surface area contributed by atoms with E-state index >= 15 is 0 Å². The lowest BCUT2D eigenvalue weighted by Crippen LogP contribution is -2.76. The van der Waals surface area contributed by atoms with E-state index in [1.54, 1.807) is 12.2 Å². The zero-order valence-electron chi connectivity index (χ0n) is 26.9. The lowest BCUT2D eigenvalue weighted by molar-refractivity contribution is -0.295. The van der Waals surface area contributed by atoms with Gasteiger partial charge in [-0.25, -0.2) is 9.59 Å². The average molecular weight is 625 g/mol. The fraction of sp³-hybridized carbons (Fsp3) is 0.487. The molecule has 4 fully saturated rings. The molecule has 7 heteroatoms. The lowest BCUT2D eigenvalue weighted by atomic mass is 9.43. The molecule has 0 radical (unpaired) electrons. The van der Waals surface area contributed by atoms with Crippen LogP contribution in [0.1, 0.15) is 76.8 Å². The van der Waals surface area contributed by atoms with E-state index in [-0.39, 0.29) is 24.4 Å². The summed E-state index contributed by atoms with van der Waals surface area (Å²) in [5.74, 6) is -1.12.